The van der Waals surface area contributed by atoms with E-state index in [1.807, 2.05) is 0 Å². The summed E-state index contributed by atoms with van der Waals surface area (Å²) >= 11 is 0. The van der Waals surface area contributed by atoms with Crippen molar-refractivity contribution in [2.75, 3.05) is 25.0 Å². The number of rotatable bonds is 11. The van der Waals surface area contributed by atoms with Gasteiger partial charge in [-0.05, 0) is 87.8 Å². The molecule has 2 aromatic rings. The number of primary amides is 1. The van der Waals surface area contributed by atoms with Crippen LogP contribution in [0.25, 0.3) is 0 Å². The normalized spacial score (nSPS) is 24.3. The minimum Gasteiger partial charge on any atom is -0.365 e. The second-order valence-corrected chi connectivity index (χ2v) is 11.0. The van der Waals surface area contributed by atoms with E-state index in [1.165, 1.54) is 50.9 Å². The molecule has 200 valence electrons. The number of halogens is 3. The number of aromatic nitrogens is 2. The molecule has 3 fully saturated rings. The highest BCUT2D eigenvalue weighted by molar-refractivity contribution is 5.98. The predicted octanol–water partition coefficient (Wildman–Crippen LogP) is 5.28. The summed E-state index contributed by atoms with van der Waals surface area (Å²) in [6, 6.07) is 5.16. The van der Waals surface area contributed by atoms with Gasteiger partial charge in [0, 0.05) is 43.5 Å². The molecule has 3 saturated carbocycles. The highest BCUT2D eigenvalue weighted by atomic mass is 19.4. The fraction of sp³-hybridized carbons (Fsp3) is 0.593. The predicted molar refractivity (Wildman–Crippen MR) is 137 cm³/mol. The summed E-state index contributed by atoms with van der Waals surface area (Å²) in [4.78, 5) is 19.2. The minimum absolute atomic E-state index is 0.0340. The number of hydrogen-bond acceptors (Lipinski definition) is 5. The standard InChI is InChI=1S/C27H35F3N6O/c1-32-13-19-12-22(35(14-17-2-3-17)15-18-4-5-18)10-11-24(19)36-16-23(25(31)37)26(34-36)33-21-8-6-20(7-9-21)27(28,29)30/h6-9,16-19,22,24H,1-5,10-15H2,(H2,31,37)(H,33,34)/t19-,22-,24+/m1/s1. The van der Waals surface area contributed by atoms with E-state index in [1.54, 1.807) is 10.9 Å². The van der Waals surface area contributed by atoms with Crippen LogP contribution < -0.4 is 11.1 Å². The second kappa shape index (κ2) is 10.5. The van der Waals surface area contributed by atoms with Crippen LogP contribution >= 0.6 is 0 Å². The van der Waals surface area contributed by atoms with Gasteiger partial charge in [0.15, 0.2) is 5.82 Å². The molecule has 10 heteroatoms. The molecule has 0 aliphatic heterocycles. The lowest BCUT2D eigenvalue weighted by atomic mass is 9.80. The number of aliphatic imine (C=N–C) groups is 1. The van der Waals surface area contributed by atoms with Gasteiger partial charge in [0.05, 0.1) is 11.6 Å². The van der Waals surface area contributed by atoms with Crippen molar-refractivity contribution < 1.29 is 18.0 Å². The summed E-state index contributed by atoms with van der Waals surface area (Å²) in [6.07, 6.45) is 5.54. The molecule has 0 bridgehead atoms. The highest BCUT2D eigenvalue weighted by Crippen LogP contribution is 2.41. The Kier molecular flexibility index (Phi) is 7.29. The molecule has 3 aliphatic rings. The number of carbonyl (C=O) groups is 1. The van der Waals surface area contributed by atoms with Crippen LogP contribution in [-0.2, 0) is 6.18 Å². The Hall–Kier alpha value is -2.88. The van der Waals surface area contributed by atoms with Crippen molar-refractivity contribution in [2.24, 2.45) is 28.5 Å². The van der Waals surface area contributed by atoms with E-state index in [2.05, 4.69) is 27.0 Å². The molecule has 1 aromatic carbocycles. The molecule has 1 amide bonds. The van der Waals surface area contributed by atoms with E-state index in [-0.39, 0.29) is 23.3 Å². The van der Waals surface area contributed by atoms with Gasteiger partial charge in [-0.15, -0.1) is 0 Å². The Morgan fingerprint density at radius 1 is 1.11 bits per heavy atom. The summed E-state index contributed by atoms with van der Waals surface area (Å²) in [7, 11) is 0. The molecule has 5 rings (SSSR count). The SMILES string of the molecule is C=NC[C@H]1C[C@H](N(CC2CC2)CC2CC2)CC[C@@H]1n1cc(C(N)=O)c(Nc2ccc(C(F)(F)F)cc2)n1. The van der Waals surface area contributed by atoms with Crippen LogP contribution in [0.15, 0.2) is 35.5 Å². The van der Waals surface area contributed by atoms with Crippen molar-refractivity contribution in [3.05, 3.63) is 41.6 Å². The average Bonchev–Trinajstić information content (AvgIpc) is 3.79. The first-order chi connectivity index (χ1) is 17.7. The second-order valence-electron chi connectivity index (χ2n) is 11.0. The Bertz CT molecular complexity index is 1090. The van der Waals surface area contributed by atoms with E-state index in [9.17, 15) is 18.0 Å². The number of nitrogens with two attached hydrogens (primary N) is 1. The van der Waals surface area contributed by atoms with Crippen molar-refractivity contribution in [3.63, 3.8) is 0 Å². The van der Waals surface area contributed by atoms with Gasteiger partial charge in [0.2, 0.25) is 0 Å². The van der Waals surface area contributed by atoms with Crippen molar-refractivity contribution in [1.82, 2.24) is 14.7 Å². The van der Waals surface area contributed by atoms with E-state index in [0.717, 1.165) is 43.2 Å². The van der Waals surface area contributed by atoms with Gasteiger partial charge in [0.25, 0.3) is 5.91 Å². The zero-order valence-electron chi connectivity index (χ0n) is 21.0. The quantitative estimate of drug-likeness (QED) is 0.398. The Labute approximate surface area is 215 Å². The number of anilines is 2. The molecule has 1 heterocycles. The third kappa shape index (κ3) is 6.34. The van der Waals surface area contributed by atoms with Crippen molar-refractivity contribution in [3.8, 4) is 0 Å². The largest absolute Gasteiger partial charge is 0.416 e. The van der Waals surface area contributed by atoms with Gasteiger partial charge >= 0.3 is 6.18 Å². The Morgan fingerprint density at radius 2 is 1.76 bits per heavy atom. The zero-order valence-corrected chi connectivity index (χ0v) is 21.0. The number of carbonyl (C=O) groups excluding carboxylic acids is 1. The minimum atomic E-state index is -4.42. The maximum Gasteiger partial charge on any atom is 0.416 e. The molecule has 3 atom stereocenters. The van der Waals surface area contributed by atoms with Crippen LogP contribution in [0.3, 0.4) is 0 Å². The maximum absolute atomic E-state index is 12.9. The molecule has 0 unspecified atom stereocenters. The summed E-state index contributed by atoms with van der Waals surface area (Å²) in [5, 5.41) is 7.63. The fourth-order valence-electron chi connectivity index (χ4n) is 5.62. The Morgan fingerprint density at radius 3 is 2.30 bits per heavy atom. The summed E-state index contributed by atoms with van der Waals surface area (Å²) in [6.45, 7) is 6.73. The lowest BCUT2D eigenvalue weighted by Crippen LogP contribution is -2.44. The molecule has 7 nitrogen and oxygen atoms in total. The topological polar surface area (TPSA) is 88.5 Å². The number of hydrogen-bond donors (Lipinski definition) is 2. The van der Waals surface area contributed by atoms with E-state index in [4.69, 9.17) is 5.73 Å². The highest BCUT2D eigenvalue weighted by Gasteiger charge is 2.38. The molecule has 3 aliphatic carbocycles. The number of benzene rings is 1. The van der Waals surface area contributed by atoms with Crippen molar-refractivity contribution in [2.45, 2.75) is 63.2 Å². The lowest BCUT2D eigenvalue weighted by molar-refractivity contribution is -0.137. The fourth-order valence-corrected chi connectivity index (χ4v) is 5.62. The van der Waals surface area contributed by atoms with Crippen molar-refractivity contribution >= 4 is 24.1 Å². The molecule has 37 heavy (non-hydrogen) atoms. The van der Waals surface area contributed by atoms with Crippen LogP contribution in [0.1, 0.15) is 66.9 Å². The first kappa shape index (κ1) is 25.8. The van der Waals surface area contributed by atoms with E-state index >= 15 is 0 Å². The molecular formula is C27H35F3N6O. The van der Waals surface area contributed by atoms with Crippen LogP contribution in [0, 0.1) is 17.8 Å². The summed E-state index contributed by atoms with van der Waals surface area (Å²) in [5.74, 6) is 1.50. The van der Waals surface area contributed by atoms with E-state index < -0.39 is 17.6 Å². The molecule has 3 N–H and O–H groups in total. The number of alkyl halides is 3. The molecule has 0 spiro atoms. The first-order valence-corrected chi connectivity index (χ1v) is 13.2. The molecule has 0 saturated heterocycles. The van der Waals surface area contributed by atoms with Gasteiger partial charge < -0.3 is 16.0 Å². The van der Waals surface area contributed by atoms with Crippen LogP contribution in [0.2, 0.25) is 0 Å². The maximum atomic E-state index is 12.9. The third-order valence-corrected chi connectivity index (χ3v) is 7.99. The number of amides is 1. The van der Waals surface area contributed by atoms with E-state index in [0.29, 0.717) is 18.3 Å². The first-order valence-electron chi connectivity index (χ1n) is 13.2. The molecule has 0 radical (unpaired) electrons. The average molecular weight is 517 g/mol. The van der Waals surface area contributed by atoms with Crippen LogP contribution in [0.5, 0.6) is 0 Å². The van der Waals surface area contributed by atoms with Gasteiger partial charge in [-0.3, -0.25) is 14.4 Å². The number of nitrogens with one attached hydrogen (secondary N) is 1. The number of nitrogens with zero attached hydrogens (tertiary/aromatic N) is 4. The third-order valence-electron chi connectivity index (χ3n) is 7.99. The monoisotopic (exact) mass is 516 g/mol. The lowest BCUT2D eigenvalue weighted by Gasteiger charge is -2.41. The smallest absolute Gasteiger partial charge is 0.365 e. The summed E-state index contributed by atoms with van der Waals surface area (Å²) < 4.78 is 40.6. The van der Waals surface area contributed by atoms with Gasteiger partial charge in [-0.2, -0.15) is 18.3 Å². The summed E-state index contributed by atoms with van der Waals surface area (Å²) in [5.41, 5.74) is 5.49. The Balaban J connectivity index is 1.33. The van der Waals surface area contributed by atoms with Crippen LogP contribution in [-0.4, -0.2) is 53.0 Å². The van der Waals surface area contributed by atoms with Gasteiger partial charge in [-0.1, -0.05) is 0 Å². The van der Waals surface area contributed by atoms with Crippen LogP contribution in [0.4, 0.5) is 24.7 Å². The zero-order chi connectivity index (χ0) is 26.2. The van der Waals surface area contributed by atoms with Gasteiger partial charge in [0.1, 0.15) is 5.56 Å². The molecular weight excluding hydrogens is 481 g/mol. The van der Waals surface area contributed by atoms with Gasteiger partial charge in [-0.25, -0.2) is 0 Å². The molecule has 1 aromatic heterocycles. The van der Waals surface area contributed by atoms with Crippen molar-refractivity contribution in [1.29, 1.82) is 0 Å².